The number of benzene rings is 1. The molecule has 0 radical (unpaired) electrons. The highest BCUT2D eigenvalue weighted by atomic mass is 32.1. The molecule has 1 aromatic carbocycles. The molecule has 0 N–H and O–H groups in total. The minimum Gasteiger partial charge on any atom is -0.462 e. The molecule has 22 heavy (non-hydrogen) atoms. The molecule has 0 unspecified atom stereocenters. The molecule has 3 rings (SSSR count). The maximum Gasteiger partial charge on any atom is 0.338 e. The molecule has 0 aliphatic rings. The largest absolute Gasteiger partial charge is 0.462 e. The van der Waals surface area contributed by atoms with Crippen LogP contribution in [0.3, 0.4) is 0 Å². The zero-order chi connectivity index (χ0) is 15.4. The molecule has 2 heterocycles. The SMILES string of the molecule is Cc1nnc(-c2cccc(C(=O)OCCc3cccs3)c2)o1. The van der Waals surface area contributed by atoms with Crippen LogP contribution in [0.2, 0.25) is 0 Å². The van der Waals surface area contributed by atoms with E-state index >= 15 is 0 Å². The highest BCUT2D eigenvalue weighted by Crippen LogP contribution is 2.19. The summed E-state index contributed by atoms with van der Waals surface area (Å²) in [6, 6.07) is 11.0. The molecule has 0 fully saturated rings. The lowest BCUT2D eigenvalue weighted by atomic mass is 10.1. The number of thiophene rings is 1. The molecule has 0 bridgehead atoms. The van der Waals surface area contributed by atoms with Crippen LogP contribution in [0.5, 0.6) is 0 Å². The Balaban J connectivity index is 1.65. The zero-order valence-electron chi connectivity index (χ0n) is 12.0. The second-order valence-electron chi connectivity index (χ2n) is 4.67. The molecule has 0 aliphatic heterocycles. The van der Waals surface area contributed by atoms with E-state index in [0.717, 1.165) is 6.42 Å². The Morgan fingerprint density at radius 2 is 2.18 bits per heavy atom. The monoisotopic (exact) mass is 314 g/mol. The fraction of sp³-hybridized carbons (Fsp3) is 0.188. The number of aryl methyl sites for hydroxylation is 1. The molecule has 5 nitrogen and oxygen atoms in total. The molecule has 0 spiro atoms. The number of nitrogens with zero attached hydrogens (tertiary/aromatic N) is 2. The van der Waals surface area contributed by atoms with Crippen LogP contribution in [0.1, 0.15) is 21.1 Å². The predicted molar refractivity (Wildman–Crippen MR) is 82.8 cm³/mol. The topological polar surface area (TPSA) is 65.2 Å². The van der Waals surface area contributed by atoms with Gasteiger partial charge in [-0.1, -0.05) is 12.1 Å². The van der Waals surface area contributed by atoms with Gasteiger partial charge in [-0.15, -0.1) is 21.5 Å². The summed E-state index contributed by atoms with van der Waals surface area (Å²) in [5.74, 6) is 0.527. The van der Waals surface area contributed by atoms with E-state index in [1.165, 1.54) is 4.88 Å². The molecule has 3 aromatic rings. The Labute approximate surface area is 131 Å². The summed E-state index contributed by atoms with van der Waals surface area (Å²) in [6.45, 7) is 2.09. The summed E-state index contributed by atoms with van der Waals surface area (Å²) in [7, 11) is 0. The fourth-order valence-electron chi connectivity index (χ4n) is 1.97. The third-order valence-electron chi connectivity index (χ3n) is 3.03. The first-order valence-corrected chi connectivity index (χ1v) is 7.70. The van der Waals surface area contributed by atoms with Gasteiger partial charge in [-0.3, -0.25) is 0 Å². The molecule has 2 aromatic heterocycles. The van der Waals surface area contributed by atoms with E-state index in [0.29, 0.717) is 29.5 Å². The Morgan fingerprint density at radius 3 is 2.91 bits per heavy atom. The summed E-state index contributed by atoms with van der Waals surface area (Å²) < 4.78 is 10.7. The van der Waals surface area contributed by atoms with Crippen LogP contribution < -0.4 is 0 Å². The van der Waals surface area contributed by atoms with Crippen molar-refractivity contribution in [2.45, 2.75) is 13.3 Å². The van der Waals surface area contributed by atoms with Gasteiger partial charge in [-0.2, -0.15) is 0 Å². The quantitative estimate of drug-likeness (QED) is 0.674. The van der Waals surface area contributed by atoms with Gasteiger partial charge in [0.05, 0.1) is 12.2 Å². The van der Waals surface area contributed by atoms with Crippen molar-refractivity contribution < 1.29 is 13.9 Å². The van der Waals surface area contributed by atoms with Crippen LogP contribution in [0.15, 0.2) is 46.2 Å². The first kappa shape index (κ1) is 14.5. The van der Waals surface area contributed by atoms with Gasteiger partial charge >= 0.3 is 5.97 Å². The molecule has 0 amide bonds. The molecule has 0 aliphatic carbocycles. The van der Waals surface area contributed by atoms with Gasteiger partial charge in [0.2, 0.25) is 11.8 Å². The highest BCUT2D eigenvalue weighted by molar-refractivity contribution is 7.09. The van der Waals surface area contributed by atoms with Gasteiger partial charge in [0, 0.05) is 23.8 Å². The molecule has 0 atom stereocenters. The Kier molecular flexibility index (Phi) is 4.29. The highest BCUT2D eigenvalue weighted by Gasteiger charge is 2.11. The van der Waals surface area contributed by atoms with Crippen molar-refractivity contribution in [2.24, 2.45) is 0 Å². The average Bonchev–Trinajstić information content (AvgIpc) is 3.19. The van der Waals surface area contributed by atoms with E-state index in [1.54, 1.807) is 36.5 Å². The van der Waals surface area contributed by atoms with E-state index in [4.69, 9.17) is 9.15 Å². The Bertz CT molecular complexity index is 765. The molecule has 0 saturated carbocycles. The maximum atomic E-state index is 12.1. The van der Waals surface area contributed by atoms with E-state index in [-0.39, 0.29) is 5.97 Å². The molecule has 0 saturated heterocycles. The first-order valence-electron chi connectivity index (χ1n) is 6.82. The van der Waals surface area contributed by atoms with Crippen molar-refractivity contribution in [3.63, 3.8) is 0 Å². The maximum absolute atomic E-state index is 12.1. The number of carbonyl (C=O) groups excluding carboxylic acids is 1. The zero-order valence-corrected chi connectivity index (χ0v) is 12.8. The fourth-order valence-corrected chi connectivity index (χ4v) is 2.67. The lowest BCUT2D eigenvalue weighted by Gasteiger charge is -2.04. The molecule has 6 heteroatoms. The Hall–Kier alpha value is -2.47. The average molecular weight is 314 g/mol. The lowest BCUT2D eigenvalue weighted by Crippen LogP contribution is -2.07. The van der Waals surface area contributed by atoms with E-state index in [9.17, 15) is 4.79 Å². The second-order valence-corrected chi connectivity index (χ2v) is 5.70. The molecular weight excluding hydrogens is 300 g/mol. The van der Waals surface area contributed by atoms with Crippen molar-refractivity contribution in [3.05, 3.63) is 58.1 Å². The van der Waals surface area contributed by atoms with Gasteiger partial charge < -0.3 is 9.15 Å². The van der Waals surface area contributed by atoms with Crippen molar-refractivity contribution in [1.29, 1.82) is 0 Å². The normalized spacial score (nSPS) is 10.6. The molecule has 112 valence electrons. The van der Waals surface area contributed by atoms with Gasteiger partial charge in [0.1, 0.15) is 0 Å². The van der Waals surface area contributed by atoms with Gasteiger partial charge in [-0.05, 0) is 29.6 Å². The smallest absolute Gasteiger partial charge is 0.338 e. The van der Waals surface area contributed by atoms with Crippen LogP contribution in [-0.4, -0.2) is 22.8 Å². The summed E-state index contributed by atoms with van der Waals surface area (Å²) in [4.78, 5) is 13.3. The minimum absolute atomic E-state index is 0.352. The number of carbonyl (C=O) groups is 1. The summed E-state index contributed by atoms with van der Waals surface area (Å²) in [5, 5.41) is 9.74. The van der Waals surface area contributed by atoms with Crippen molar-refractivity contribution >= 4 is 17.3 Å². The van der Waals surface area contributed by atoms with Crippen molar-refractivity contribution in [1.82, 2.24) is 10.2 Å². The number of hydrogen-bond acceptors (Lipinski definition) is 6. The number of ether oxygens (including phenoxy) is 1. The van der Waals surface area contributed by atoms with Gasteiger partial charge in [-0.25, -0.2) is 4.79 Å². The standard InChI is InChI=1S/C16H14N2O3S/c1-11-17-18-15(21-11)12-4-2-5-13(10-12)16(19)20-8-7-14-6-3-9-22-14/h2-6,9-10H,7-8H2,1H3. The summed E-state index contributed by atoms with van der Waals surface area (Å²) in [6.07, 6.45) is 0.728. The van der Waals surface area contributed by atoms with E-state index < -0.39 is 0 Å². The summed E-state index contributed by atoms with van der Waals surface area (Å²) >= 11 is 1.65. The van der Waals surface area contributed by atoms with Crippen LogP contribution in [0.4, 0.5) is 0 Å². The van der Waals surface area contributed by atoms with Gasteiger partial charge in [0.15, 0.2) is 0 Å². The van der Waals surface area contributed by atoms with Crippen LogP contribution in [0.25, 0.3) is 11.5 Å². The van der Waals surface area contributed by atoms with Gasteiger partial charge in [0.25, 0.3) is 0 Å². The predicted octanol–water partition coefficient (Wildman–Crippen LogP) is 3.51. The first-order chi connectivity index (χ1) is 10.7. The van der Waals surface area contributed by atoms with E-state index in [2.05, 4.69) is 10.2 Å². The third kappa shape index (κ3) is 3.40. The van der Waals surface area contributed by atoms with E-state index in [1.807, 2.05) is 23.6 Å². The third-order valence-corrected chi connectivity index (χ3v) is 3.97. The number of esters is 1. The second kappa shape index (κ2) is 6.53. The summed E-state index contributed by atoms with van der Waals surface area (Å²) in [5.41, 5.74) is 1.17. The Morgan fingerprint density at radius 1 is 1.27 bits per heavy atom. The van der Waals surface area contributed by atoms with Crippen molar-refractivity contribution in [2.75, 3.05) is 6.61 Å². The number of hydrogen-bond donors (Lipinski definition) is 0. The molecular formula is C16H14N2O3S. The number of rotatable bonds is 5. The lowest BCUT2D eigenvalue weighted by molar-refractivity contribution is 0.0510. The van der Waals surface area contributed by atoms with Crippen molar-refractivity contribution in [3.8, 4) is 11.5 Å². The minimum atomic E-state index is -0.352. The van der Waals surface area contributed by atoms with Crippen LogP contribution in [-0.2, 0) is 11.2 Å². The number of aromatic nitrogens is 2. The van der Waals surface area contributed by atoms with Crippen LogP contribution in [0, 0.1) is 6.92 Å². The van der Waals surface area contributed by atoms with Crippen LogP contribution >= 0.6 is 11.3 Å².